The number of rotatable bonds is 2. The van der Waals surface area contributed by atoms with Gasteiger partial charge in [-0.3, -0.25) is 9.20 Å². The zero-order valence-corrected chi connectivity index (χ0v) is 17.2. The quantitative estimate of drug-likeness (QED) is 0.442. The fraction of sp³-hybridized carbons (Fsp3) is 0.304. The van der Waals surface area contributed by atoms with Crippen molar-refractivity contribution in [2.24, 2.45) is 11.8 Å². The third-order valence-electron chi connectivity index (χ3n) is 5.64. The number of hydrogen-bond acceptors (Lipinski definition) is 3. The molecule has 0 aliphatic carbocycles. The van der Waals surface area contributed by atoms with Crippen LogP contribution in [0.5, 0.6) is 0 Å². The van der Waals surface area contributed by atoms with Crippen LogP contribution in [0.25, 0.3) is 26.4 Å². The average Bonchev–Trinajstić information content (AvgIpc) is 3.24. The Morgan fingerprint density at radius 3 is 2.55 bits per heavy atom. The lowest BCUT2D eigenvalue weighted by atomic mass is 9.91. The number of carbonyl (C=O) groups excluding carboxylic acids is 1. The van der Waals surface area contributed by atoms with Crippen LogP contribution in [0.15, 0.2) is 48.7 Å². The van der Waals surface area contributed by atoms with E-state index < -0.39 is 0 Å². The van der Waals surface area contributed by atoms with Gasteiger partial charge in [-0.1, -0.05) is 25.2 Å². The van der Waals surface area contributed by atoms with E-state index in [0.717, 1.165) is 45.1 Å². The van der Waals surface area contributed by atoms with Gasteiger partial charge in [-0.05, 0) is 60.7 Å². The molecule has 0 unspecified atom stereocenters. The Labute approximate surface area is 172 Å². The van der Waals surface area contributed by atoms with Crippen LogP contribution >= 0.6 is 11.3 Å². The second kappa shape index (κ2) is 6.95. The maximum Gasteiger partial charge on any atom is 0.253 e. The lowest BCUT2D eigenvalue weighted by Crippen LogP contribution is -2.42. The molecule has 0 bridgehead atoms. The molecule has 4 aromatic rings. The van der Waals surface area contributed by atoms with Crippen LogP contribution < -0.4 is 0 Å². The number of nitrogens with zero attached hydrogens (tertiary/aromatic N) is 3. The van der Waals surface area contributed by atoms with Gasteiger partial charge in [0.25, 0.3) is 5.91 Å². The molecule has 29 heavy (non-hydrogen) atoms. The van der Waals surface area contributed by atoms with E-state index in [0.29, 0.717) is 11.8 Å². The minimum Gasteiger partial charge on any atom is -0.338 e. The van der Waals surface area contributed by atoms with E-state index in [2.05, 4.69) is 13.8 Å². The van der Waals surface area contributed by atoms with Crippen LogP contribution in [0, 0.1) is 17.7 Å². The average molecular weight is 408 g/mol. The molecule has 4 nitrogen and oxygen atoms in total. The number of thiazole rings is 1. The summed E-state index contributed by atoms with van der Waals surface area (Å²) in [4.78, 5) is 20.6. The lowest BCUT2D eigenvalue weighted by Gasteiger charge is -2.35. The maximum atomic E-state index is 13.2. The van der Waals surface area contributed by atoms with Gasteiger partial charge in [0.15, 0.2) is 4.96 Å². The second-order valence-electron chi connectivity index (χ2n) is 8.23. The highest BCUT2D eigenvalue weighted by Gasteiger charge is 2.26. The maximum absolute atomic E-state index is 13.2. The summed E-state index contributed by atoms with van der Waals surface area (Å²) in [6, 6.07) is 12.3. The van der Waals surface area contributed by atoms with Crippen molar-refractivity contribution >= 4 is 32.4 Å². The summed E-state index contributed by atoms with van der Waals surface area (Å²) in [7, 11) is 0. The van der Waals surface area contributed by atoms with E-state index in [1.807, 2.05) is 33.7 Å². The third kappa shape index (κ3) is 3.31. The first-order valence-corrected chi connectivity index (χ1v) is 10.8. The molecule has 1 aliphatic heterocycles. The van der Waals surface area contributed by atoms with Crippen molar-refractivity contribution in [1.82, 2.24) is 14.3 Å². The topological polar surface area (TPSA) is 37.6 Å². The predicted molar refractivity (Wildman–Crippen MR) is 115 cm³/mol. The van der Waals surface area contributed by atoms with Gasteiger partial charge in [-0.15, -0.1) is 0 Å². The zero-order valence-electron chi connectivity index (χ0n) is 16.4. The summed E-state index contributed by atoms with van der Waals surface area (Å²) in [6.07, 6.45) is 3.15. The van der Waals surface area contributed by atoms with Crippen molar-refractivity contribution in [3.8, 4) is 11.3 Å². The number of fused-ring (bicyclic) bond motifs is 3. The molecule has 1 saturated heterocycles. The van der Waals surface area contributed by atoms with Crippen molar-refractivity contribution in [2.75, 3.05) is 13.1 Å². The number of hydrogen-bond donors (Lipinski definition) is 0. The third-order valence-corrected chi connectivity index (χ3v) is 6.65. The predicted octanol–water partition coefficient (Wildman–Crippen LogP) is 5.47. The van der Waals surface area contributed by atoms with Gasteiger partial charge in [0.05, 0.1) is 15.9 Å². The van der Waals surface area contributed by atoms with Gasteiger partial charge < -0.3 is 4.90 Å². The van der Waals surface area contributed by atoms with Crippen molar-refractivity contribution in [2.45, 2.75) is 20.3 Å². The van der Waals surface area contributed by atoms with Crippen molar-refractivity contribution in [3.05, 3.63) is 60.0 Å². The van der Waals surface area contributed by atoms with Crippen LogP contribution in [0.2, 0.25) is 0 Å². The van der Waals surface area contributed by atoms with Crippen LogP contribution in [-0.2, 0) is 0 Å². The van der Waals surface area contributed by atoms with Gasteiger partial charge >= 0.3 is 0 Å². The Hall–Kier alpha value is -2.73. The smallest absolute Gasteiger partial charge is 0.253 e. The van der Waals surface area contributed by atoms with Crippen LogP contribution in [-0.4, -0.2) is 33.3 Å². The number of carbonyl (C=O) groups is 1. The Morgan fingerprint density at radius 1 is 1.10 bits per heavy atom. The van der Waals surface area contributed by atoms with Gasteiger partial charge in [0.1, 0.15) is 5.82 Å². The standard InChI is InChI=1S/C23H22FN3OS/c1-14-9-15(2)12-26(11-14)22(28)17-5-8-20-21(10-17)29-23-25-19(13-27(20)23)16-3-6-18(24)7-4-16/h3-8,10,13-15H,9,11-12H2,1-2H3/t14-,15-/m1/s1. The molecule has 2 aromatic heterocycles. The van der Waals surface area contributed by atoms with Gasteiger partial charge in [0, 0.05) is 30.4 Å². The molecule has 0 saturated carbocycles. The minimum absolute atomic E-state index is 0.114. The SMILES string of the molecule is C[C@@H]1C[C@@H](C)CN(C(=O)c2ccc3c(c2)sc2nc(-c4ccc(F)cc4)cn23)C1. The minimum atomic E-state index is -0.255. The van der Waals surface area contributed by atoms with E-state index in [1.54, 1.807) is 23.5 Å². The fourth-order valence-corrected chi connectivity index (χ4v) is 5.45. The van der Waals surface area contributed by atoms with E-state index in [1.165, 1.54) is 18.6 Å². The fourth-order valence-electron chi connectivity index (χ4n) is 4.41. The Kier molecular flexibility index (Phi) is 4.39. The number of imidazole rings is 1. The van der Waals surface area contributed by atoms with Crippen molar-refractivity contribution in [1.29, 1.82) is 0 Å². The molecule has 1 aliphatic rings. The highest BCUT2D eigenvalue weighted by molar-refractivity contribution is 7.23. The Balaban J connectivity index is 1.48. The molecule has 2 atom stereocenters. The molecule has 0 radical (unpaired) electrons. The van der Waals surface area contributed by atoms with Gasteiger partial charge in [0.2, 0.25) is 0 Å². The molecule has 1 amide bonds. The summed E-state index contributed by atoms with van der Waals surface area (Å²) < 4.78 is 16.3. The number of amides is 1. The van der Waals surface area contributed by atoms with E-state index in [4.69, 9.17) is 4.98 Å². The van der Waals surface area contributed by atoms with Crippen LogP contribution in [0.3, 0.4) is 0 Å². The summed E-state index contributed by atoms with van der Waals surface area (Å²) in [5, 5.41) is 0. The summed E-state index contributed by atoms with van der Waals surface area (Å²) in [5.41, 5.74) is 3.47. The van der Waals surface area contributed by atoms with Crippen LogP contribution in [0.4, 0.5) is 4.39 Å². The molecule has 6 heteroatoms. The van der Waals surface area contributed by atoms with E-state index >= 15 is 0 Å². The lowest BCUT2D eigenvalue weighted by molar-refractivity contribution is 0.0623. The zero-order chi connectivity index (χ0) is 20.1. The molecule has 148 valence electrons. The number of piperidine rings is 1. The number of halogens is 1. The highest BCUT2D eigenvalue weighted by Crippen LogP contribution is 2.31. The molecule has 3 heterocycles. The van der Waals surface area contributed by atoms with Gasteiger partial charge in [-0.2, -0.15) is 0 Å². The first-order chi connectivity index (χ1) is 14.0. The summed E-state index contributed by atoms with van der Waals surface area (Å²) >= 11 is 1.57. The monoisotopic (exact) mass is 407 g/mol. The first kappa shape index (κ1) is 18.3. The molecule has 2 aromatic carbocycles. The molecular formula is C23H22FN3OS. The van der Waals surface area contributed by atoms with Crippen LogP contribution in [0.1, 0.15) is 30.6 Å². The van der Waals surface area contributed by atoms with E-state index in [9.17, 15) is 9.18 Å². The largest absolute Gasteiger partial charge is 0.338 e. The van der Waals surface area contributed by atoms with Crippen molar-refractivity contribution < 1.29 is 9.18 Å². The summed E-state index contributed by atoms with van der Waals surface area (Å²) in [5.74, 6) is 0.945. The normalized spacial score (nSPS) is 19.9. The summed E-state index contributed by atoms with van der Waals surface area (Å²) in [6.45, 7) is 6.09. The highest BCUT2D eigenvalue weighted by atomic mass is 32.1. The second-order valence-corrected chi connectivity index (χ2v) is 9.24. The van der Waals surface area contributed by atoms with Crippen molar-refractivity contribution in [3.63, 3.8) is 0 Å². The number of aromatic nitrogens is 2. The first-order valence-electron chi connectivity index (χ1n) is 9.95. The Morgan fingerprint density at radius 2 is 1.83 bits per heavy atom. The molecule has 1 fully saturated rings. The molecular weight excluding hydrogens is 385 g/mol. The number of likely N-dealkylation sites (tertiary alicyclic amines) is 1. The molecule has 0 N–H and O–H groups in total. The Bertz CT molecular complexity index is 1200. The van der Waals surface area contributed by atoms with Gasteiger partial charge in [-0.25, -0.2) is 9.37 Å². The molecule has 5 rings (SSSR count). The molecule has 0 spiro atoms. The number of benzene rings is 2. The van der Waals surface area contributed by atoms with E-state index in [-0.39, 0.29) is 11.7 Å².